The molecule has 0 aliphatic carbocycles. The number of hydrogen-bond acceptors (Lipinski definition) is 5. The molecule has 0 aliphatic heterocycles. The van der Waals surface area contributed by atoms with Crippen molar-refractivity contribution < 1.29 is 17.9 Å². The predicted molar refractivity (Wildman–Crippen MR) is 56.3 cm³/mol. The second-order valence-corrected chi connectivity index (χ2v) is 5.52. The molecular formula is C8H11NO4S2. The lowest BCUT2D eigenvalue weighted by Gasteiger charge is -2.03. The summed E-state index contributed by atoms with van der Waals surface area (Å²) in [6.45, 7) is 0. The Morgan fingerprint density at radius 3 is 2.80 bits per heavy atom. The molecule has 15 heavy (non-hydrogen) atoms. The molecule has 0 saturated carbocycles. The number of rotatable bonds is 4. The number of carbonyl (C=O) groups excluding carboxylic acids is 1. The molecule has 1 N–H and O–H groups in total. The zero-order valence-electron chi connectivity index (χ0n) is 8.31. The number of ether oxygens (including phenoxy) is 1. The quantitative estimate of drug-likeness (QED) is 0.783. The molecule has 0 bridgehead atoms. The molecule has 5 nitrogen and oxygen atoms in total. The normalized spacial score (nSPS) is 11.3. The second-order valence-electron chi connectivity index (χ2n) is 2.67. The number of sulfonamides is 1. The van der Waals surface area contributed by atoms with E-state index < -0.39 is 16.0 Å². The molecule has 1 aromatic rings. The fraction of sp³-hybridized carbons (Fsp3) is 0.375. The summed E-state index contributed by atoms with van der Waals surface area (Å²) in [5.74, 6) is -0.454. The van der Waals surface area contributed by atoms with Crippen molar-refractivity contribution >= 4 is 27.3 Å². The molecule has 0 spiro atoms. The van der Waals surface area contributed by atoms with Crippen LogP contribution in [-0.4, -0.2) is 28.5 Å². The van der Waals surface area contributed by atoms with Crippen molar-refractivity contribution in [2.75, 3.05) is 14.2 Å². The van der Waals surface area contributed by atoms with Crippen molar-refractivity contribution in [1.29, 1.82) is 0 Å². The van der Waals surface area contributed by atoms with Crippen molar-refractivity contribution in [3.63, 3.8) is 0 Å². The summed E-state index contributed by atoms with van der Waals surface area (Å²) >= 11 is 1.22. The first-order valence-electron chi connectivity index (χ1n) is 4.08. The number of methoxy groups -OCH3 is 1. The third-order valence-electron chi connectivity index (χ3n) is 1.80. The average Bonchev–Trinajstić information content (AvgIpc) is 2.66. The summed E-state index contributed by atoms with van der Waals surface area (Å²) in [5.41, 5.74) is 0. The van der Waals surface area contributed by atoms with Gasteiger partial charge in [-0.1, -0.05) is 0 Å². The van der Waals surface area contributed by atoms with E-state index in [-0.39, 0.29) is 11.3 Å². The van der Waals surface area contributed by atoms with Crippen LogP contribution in [0.15, 0.2) is 16.3 Å². The van der Waals surface area contributed by atoms with Crippen LogP contribution in [0.1, 0.15) is 4.88 Å². The monoisotopic (exact) mass is 249 g/mol. The first-order valence-corrected chi connectivity index (χ1v) is 6.44. The van der Waals surface area contributed by atoms with Crippen LogP contribution in [0.2, 0.25) is 0 Å². The van der Waals surface area contributed by atoms with Crippen LogP contribution in [0.5, 0.6) is 0 Å². The van der Waals surface area contributed by atoms with Gasteiger partial charge in [0.2, 0.25) is 10.0 Å². The van der Waals surface area contributed by atoms with Crippen molar-refractivity contribution in [3.05, 3.63) is 16.3 Å². The standard InChI is InChI=1S/C8H11NO4S2/c1-9-15(11,12)7-3-4-14-6(7)5-8(10)13-2/h3-4,9H,5H2,1-2H3. The van der Waals surface area contributed by atoms with Crippen LogP contribution in [0.4, 0.5) is 0 Å². The van der Waals surface area contributed by atoms with E-state index in [1.165, 1.54) is 31.6 Å². The number of thiophene rings is 1. The van der Waals surface area contributed by atoms with Crippen LogP contribution in [0, 0.1) is 0 Å². The van der Waals surface area contributed by atoms with Crippen LogP contribution in [0.3, 0.4) is 0 Å². The predicted octanol–water partition coefficient (Wildman–Crippen LogP) is 0.372. The number of esters is 1. The minimum absolute atomic E-state index is 0.0234. The lowest BCUT2D eigenvalue weighted by atomic mass is 10.3. The van der Waals surface area contributed by atoms with Gasteiger partial charge in [0.05, 0.1) is 18.4 Å². The minimum Gasteiger partial charge on any atom is -0.469 e. The molecule has 0 radical (unpaired) electrons. The summed E-state index contributed by atoms with van der Waals surface area (Å²) < 4.78 is 29.7. The zero-order chi connectivity index (χ0) is 11.5. The summed E-state index contributed by atoms with van der Waals surface area (Å²) in [5, 5.41) is 1.63. The molecule has 1 heterocycles. The Hall–Kier alpha value is -0.920. The Kier molecular flexibility index (Phi) is 3.83. The first-order chi connectivity index (χ1) is 7.01. The van der Waals surface area contributed by atoms with Gasteiger partial charge in [0.1, 0.15) is 0 Å². The summed E-state index contributed by atoms with van der Waals surface area (Å²) in [4.78, 5) is 11.6. The van der Waals surface area contributed by atoms with Gasteiger partial charge in [-0.3, -0.25) is 4.79 Å². The van der Waals surface area contributed by atoms with Crippen molar-refractivity contribution in [3.8, 4) is 0 Å². The fourth-order valence-corrected chi connectivity index (χ4v) is 3.16. The minimum atomic E-state index is -3.49. The second kappa shape index (κ2) is 4.73. The molecule has 0 atom stereocenters. The number of nitrogens with one attached hydrogen (secondary N) is 1. The van der Waals surface area contributed by atoms with Crippen LogP contribution in [0.25, 0.3) is 0 Å². The van der Waals surface area contributed by atoms with Gasteiger partial charge in [-0.2, -0.15) is 0 Å². The third kappa shape index (κ3) is 2.77. The third-order valence-corrected chi connectivity index (χ3v) is 4.34. The Morgan fingerprint density at radius 1 is 1.60 bits per heavy atom. The molecule has 0 aliphatic rings. The Morgan fingerprint density at radius 2 is 2.27 bits per heavy atom. The molecule has 7 heteroatoms. The van der Waals surface area contributed by atoms with E-state index in [9.17, 15) is 13.2 Å². The Labute approximate surface area is 92.1 Å². The van der Waals surface area contributed by atoms with Crippen LogP contribution < -0.4 is 4.72 Å². The SMILES string of the molecule is CNS(=O)(=O)c1ccsc1CC(=O)OC. The van der Waals surface area contributed by atoms with E-state index in [0.717, 1.165) is 0 Å². The van der Waals surface area contributed by atoms with E-state index in [1.807, 2.05) is 0 Å². The van der Waals surface area contributed by atoms with Gasteiger partial charge in [-0.25, -0.2) is 13.1 Å². The molecule has 84 valence electrons. The van der Waals surface area contributed by atoms with Crippen molar-refractivity contribution in [1.82, 2.24) is 4.72 Å². The highest BCUT2D eigenvalue weighted by atomic mass is 32.2. The summed E-state index contributed by atoms with van der Waals surface area (Å²) in [7, 11) is -0.892. The molecule has 1 rings (SSSR count). The molecule has 0 aromatic carbocycles. The van der Waals surface area contributed by atoms with Crippen molar-refractivity contribution in [2.45, 2.75) is 11.3 Å². The molecule has 0 unspecified atom stereocenters. The van der Waals surface area contributed by atoms with E-state index in [1.54, 1.807) is 5.38 Å². The van der Waals surface area contributed by atoms with E-state index >= 15 is 0 Å². The van der Waals surface area contributed by atoms with Gasteiger partial charge in [-0.15, -0.1) is 11.3 Å². The highest BCUT2D eigenvalue weighted by molar-refractivity contribution is 7.89. The smallest absolute Gasteiger partial charge is 0.310 e. The number of hydrogen-bond donors (Lipinski definition) is 1. The van der Waals surface area contributed by atoms with Crippen molar-refractivity contribution in [2.24, 2.45) is 0 Å². The summed E-state index contributed by atoms with van der Waals surface area (Å²) in [6, 6.07) is 1.47. The highest BCUT2D eigenvalue weighted by Gasteiger charge is 2.19. The lowest BCUT2D eigenvalue weighted by molar-refractivity contribution is -0.139. The fourth-order valence-electron chi connectivity index (χ4n) is 1.01. The number of carbonyl (C=O) groups is 1. The largest absolute Gasteiger partial charge is 0.469 e. The van der Waals surface area contributed by atoms with E-state index in [4.69, 9.17) is 0 Å². The van der Waals surface area contributed by atoms with Gasteiger partial charge >= 0.3 is 5.97 Å². The molecule has 1 aromatic heterocycles. The van der Waals surface area contributed by atoms with E-state index in [0.29, 0.717) is 4.88 Å². The van der Waals surface area contributed by atoms with Gasteiger partial charge in [0, 0.05) is 4.88 Å². The van der Waals surface area contributed by atoms with Gasteiger partial charge in [0.15, 0.2) is 0 Å². The van der Waals surface area contributed by atoms with Gasteiger partial charge in [0.25, 0.3) is 0 Å². The highest BCUT2D eigenvalue weighted by Crippen LogP contribution is 2.22. The summed E-state index contributed by atoms with van der Waals surface area (Å²) in [6.07, 6.45) is -0.0234. The Balaban J connectivity index is 3.02. The first kappa shape index (κ1) is 12.2. The maximum atomic E-state index is 11.5. The molecule has 0 amide bonds. The van der Waals surface area contributed by atoms with Gasteiger partial charge < -0.3 is 4.74 Å². The zero-order valence-corrected chi connectivity index (χ0v) is 9.94. The Bertz CT molecular complexity index is 449. The molecule has 0 fully saturated rings. The topological polar surface area (TPSA) is 72.5 Å². The van der Waals surface area contributed by atoms with Crippen LogP contribution >= 0.6 is 11.3 Å². The molecular weight excluding hydrogens is 238 g/mol. The van der Waals surface area contributed by atoms with Crippen LogP contribution in [-0.2, 0) is 26.0 Å². The maximum Gasteiger partial charge on any atom is 0.310 e. The average molecular weight is 249 g/mol. The van der Waals surface area contributed by atoms with Gasteiger partial charge in [-0.05, 0) is 18.5 Å². The maximum absolute atomic E-state index is 11.5. The van der Waals surface area contributed by atoms with E-state index in [2.05, 4.69) is 9.46 Å². The lowest BCUT2D eigenvalue weighted by Crippen LogP contribution is -2.19. The molecule has 0 saturated heterocycles.